The Morgan fingerprint density at radius 2 is 1.67 bits per heavy atom. The number of hydrogen-bond donors (Lipinski definition) is 1. The van der Waals surface area contributed by atoms with Gasteiger partial charge >= 0.3 is 0 Å². The van der Waals surface area contributed by atoms with E-state index >= 15 is 0 Å². The Hall–Kier alpha value is -2.49. The number of nitrogens with one attached hydrogen (secondary N) is 1. The van der Waals surface area contributed by atoms with Gasteiger partial charge in [0.05, 0.1) is 5.52 Å². The van der Waals surface area contributed by atoms with Crippen molar-refractivity contribution in [2.75, 3.05) is 5.32 Å². The predicted molar refractivity (Wildman–Crippen MR) is 71.8 cm³/mol. The first-order valence-corrected chi connectivity index (χ1v) is 5.75. The number of para-hydroxylation sites is 1. The molecule has 0 bridgehead atoms. The van der Waals surface area contributed by atoms with E-state index in [-0.39, 0.29) is 0 Å². The molecule has 4 heteroatoms. The summed E-state index contributed by atoms with van der Waals surface area (Å²) in [4.78, 5) is 0. The molecule has 1 heterocycles. The second kappa shape index (κ2) is 4.41. The van der Waals surface area contributed by atoms with Gasteiger partial charge in [0.15, 0.2) is 5.82 Å². The fourth-order valence-electron chi connectivity index (χ4n) is 1.86. The average Bonchev–Trinajstić information content (AvgIpc) is 2.42. The largest absolute Gasteiger partial charge is 0.338 e. The molecular formula is C14H12N4. The molecule has 0 spiro atoms. The summed E-state index contributed by atoms with van der Waals surface area (Å²) in [7, 11) is 0. The van der Waals surface area contributed by atoms with E-state index in [4.69, 9.17) is 0 Å². The highest BCUT2D eigenvalue weighted by Gasteiger charge is 2.05. The SMILES string of the molecule is Cc1ccccc1Nc1nnnc2ccccc12. The van der Waals surface area contributed by atoms with E-state index in [1.807, 2.05) is 42.5 Å². The van der Waals surface area contributed by atoms with E-state index in [2.05, 4.69) is 33.7 Å². The van der Waals surface area contributed by atoms with Crippen LogP contribution >= 0.6 is 0 Å². The summed E-state index contributed by atoms with van der Waals surface area (Å²) in [6.07, 6.45) is 0. The summed E-state index contributed by atoms with van der Waals surface area (Å²) in [5.41, 5.74) is 3.03. The number of benzene rings is 2. The monoisotopic (exact) mass is 236 g/mol. The van der Waals surface area contributed by atoms with E-state index in [9.17, 15) is 0 Å². The maximum atomic E-state index is 4.07. The molecule has 1 aromatic heterocycles. The third-order valence-corrected chi connectivity index (χ3v) is 2.85. The molecule has 2 aromatic carbocycles. The molecule has 0 saturated heterocycles. The Kier molecular flexibility index (Phi) is 2.61. The number of anilines is 2. The van der Waals surface area contributed by atoms with Crippen LogP contribution in [0.15, 0.2) is 48.5 Å². The summed E-state index contributed by atoms with van der Waals surface area (Å²) >= 11 is 0. The van der Waals surface area contributed by atoms with Crippen molar-refractivity contribution in [3.05, 3.63) is 54.1 Å². The van der Waals surface area contributed by atoms with Gasteiger partial charge in [0.2, 0.25) is 0 Å². The number of aryl methyl sites for hydroxylation is 1. The first-order valence-electron chi connectivity index (χ1n) is 5.75. The second-order valence-electron chi connectivity index (χ2n) is 4.10. The molecule has 18 heavy (non-hydrogen) atoms. The number of nitrogens with zero attached hydrogens (tertiary/aromatic N) is 3. The van der Waals surface area contributed by atoms with Gasteiger partial charge in [-0.25, -0.2) is 0 Å². The van der Waals surface area contributed by atoms with Crippen LogP contribution in [0.4, 0.5) is 11.5 Å². The average molecular weight is 236 g/mol. The number of rotatable bonds is 2. The van der Waals surface area contributed by atoms with Gasteiger partial charge in [-0.15, -0.1) is 10.2 Å². The van der Waals surface area contributed by atoms with Gasteiger partial charge in [-0.2, -0.15) is 0 Å². The van der Waals surface area contributed by atoms with E-state index < -0.39 is 0 Å². The topological polar surface area (TPSA) is 50.7 Å². The van der Waals surface area contributed by atoms with E-state index in [0.29, 0.717) is 0 Å². The maximum absolute atomic E-state index is 4.07. The smallest absolute Gasteiger partial charge is 0.164 e. The standard InChI is InChI=1S/C14H12N4/c1-10-6-2-4-8-12(10)15-14-11-7-3-5-9-13(11)16-18-17-14/h2-9H,1H3,(H,15,16,17). The molecule has 0 aliphatic rings. The molecule has 0 saturated carbocycles. The minimum atomic E-state index is 0.731. The van der Waals surface area contributed by atoms with Crippen molar-refractivity contribution in [3.8, 4) is 0 Å². The normalized spacial score (nSPS) is 10.5. The molecule has 0 fully saturated rings. The molecule has 3 rings (SSSR count). The molecular weight excluding hydrogens is 224 g/mol. The van der Waals surface area contributed by atoms with Gasteiger partial charge in [-0.05, 0) is 35.9 Å². The lowest BCUT2D eigenvalue weighted by Gasteiger charge is -2.09. The van der Waals surface area contributed by atoms with E-state index in [1.54, 1.807) is 0 Å². The van der Waals surface area contributed by atoms with Crippen molar-refractivity contribution in [2.45, 2.75) is 6.92 Å². The van der Waals surface area contributed by atoms with Crippen molar-refractivity contribution in [2.24, 2.45) is 0 Å². The Morgan fingerprint density at radius 1 is 0.889 bits per heavy atom. The molecule has 4 nitrogen and oxygen atoms in total. The molecule has 0 radical (unpaired) electrons. The third-order valence-electron chi connectivity index (χ3n) is 2.85. The van der Waals surface area contributed by atoms with Crippen molar-refractivity contribution in [1.29, 1.82) is 0 Å². The van der Waals surface area contributed by atoms with Gasteiger partial charge < -0.3 is 5.32 Å². The van der Waals surface area contributed by atoms with Crippen LogP contribution in [0.2, 0.25) is 0 Å². The van der Waals surface area contributed by atoms with E-state index in [1.165, 1.54) is 5.56 Å². The Bertz CT molecular complexity index is 689. The summed E-state index contributed by atoms with van der Waals surface area (Å²) in [6, 6.07) is 15.9. The van der Waals surface area contributed by atoms with Crippen LogP contribution in [0.5, 0.6) is 0 Å². The van der Waals surface area contributed by atoms with Crippen LogP contribution in [0.1, 0.15) is 5.56 Å². The van der Waals surface area contributed by atoms with Crippen LogP contribution in [0.25, 0.3) is 10.9 Å². The first kappa shape index (κ1) is 10.7. The van der Waals surface area contributed by atoms with Gasteiger partial charge in [0, 0.05) is 11.1 Å². The van der Waals surface area contributed by atoms with Gasteiger partial charge in [-0.3, -0.25) is 0 Å². The third kappa shape index (κ3) is 1.88. The fourth-order valence-corrected chi connectivity index (χ4v) is 1.86. The minimum absolute atomic E-state index is 0.731. The summed E-state index contributed by atoms with van der Waals surface area (Å²) in [6.45, 7) is 2.05. The highest BCUT2D eigenvalue weighted by molar-refractivity contribution is 5.90. The van der Waals surface area contributed by atoms with Crippen LogP contribution < -0.4 is 5.32 Å². The lowest BCUT2D eigenvalue weighted by molar-refractivity contribution is 0.900. The number of hydrogen-bond acceptors (Lipinski definition) is 4. The number of aromatic nitrogens is 3. The van der Waals surface area contributed by atoms with Gasteiger partial charge in [0.25, 0.3) is 0 Å². The van der Waals surface area contributed by atoms with Crippen molar-refractivity contribution in [1.82, 2.24) is 15.4 Å². The molecule has 88 valence electrons. The van der Waals surface area contributed by atoms with Crippen molar-refractivity contribution < 1.29 is 0 Å². The predicted octanol–water partition coefficient (Wildman–Crippen LogP) is 3.08. The minimum Gasteiger partial charge on any atom is -0.338 e. The zero-order chi connectivity index (χ0) is 12.4. The van der Waals surface area contributed by atoms with E-state index in [0.717, 1.165) is 22.4 Å². The lowest BCUT2D eigenvalue weighted by atomic mass is 10.2. The highest BCUT2D eigenvalue weighted by Crippen LogP contribution is 2.23. The molecule has 0 unspecified atom stereocenters. The molecule has 0 aliphatic carbocycles. The van der Waals surface area contributed by atoms with Crippen LogP contribution in [-0.4, -0.2) is 15.4 Å². The fraction of sp³-hybridized carbons (Fsp3) is 0.0714. The zero-order valence-corrected chi connectivity index (χ0v) is 9.96. The summed E-state index contributed by atoms with van der Waals surface area (Å²) < 4.78 is 0. The van der Waals surface area contributed by atoms with Crippen LogP contribution in [0.3, 0.4) is 0 Å². The quantitative estimate of drug-likeness (QED) is 0.742. The van der Waals surface area contributed by atoms with Crippen molar-refractivity contribution in [3.63, 3.8) is 0 Å². The van der Waals surface area contributed by atoms with Gasteiger partial charge in [-0.1, -0.05) is 30.3 Å². The molecule has 0 amide bonds. The highest BCUT2D eigenvalue weighted by atomic mass is 15.3. The summed E-state index contributed by atoms with van der Waals surface area (Å²) in [5.74, 6) is 0.731. The Morgan fingerprint density at radius 3 is 2.56 bits per heavy atom. The molecule has 3 aromatic rings. The van der Waals surface area contributed by atoms with Gasteiger partial charge in [0.1, 0.15) is 0 Å². The zero-order valence-electron chi connectivity index (χ0n) is 9.96. The molecule has 1 N–H and O–H groups in total. The summed E-state index contributed by atoms with van der Waals surface area (Å²) in [5, 5.41) is 16.1. The van der Waals surface area contributed by atoms with Crippen LogP contribution in [0, 0.1) is 6.92 Å². The van der Waals surface area contributed by atoms with Crippen molar-refractivity contribution >= 4 is 22.4 Å². The molecule has 0 atom stereocenters. The first-order chi connectivity index (χ1) is 8.84. The maximum Gasteiger partial charge on any atom is 0.164 e. The van der Waals surface area contributed by atoms with Crippen LogP contribution in [-0.2, 0) is 0 Å². The second-order valence-corrected chi connectivity index (χ2v) is 4.10. The number of fused-ring (bicyclic) bond motifs is 1. The lowest BCUT2D eigenvalue weighted by Crippen LogP contribution is -1.99. The molecule has 0 aliphatic heterocycles. The Labute approximate surface area is 105 Å². The Balaban J connectivity index is 2.08.